The first kappa shape index (κ1) is 16.3. The lowest BCUT2D eigenvalue weighted by Crippen LogP contribution is -2.14. The van der Waals surface area contributed by atoms with Gasteiger partial charge >= 0.3 is 5.97 Å². The predicted molar refractivity (Wildman–Crippen MR) is 93.2 cm³/mol. The first-order chi connectivity index (χ1) is 9.88. The second-order valence-corrected chi connectivity index (χ2v) is 6.56. The number of anilines is 1. The number of carbonyl (C=O) groups is 2. The fourth-order valence-electron chi connectivity index (χ4n) is 1.61. The van der Waals surface area contributed by atoms with Crippen LogP contribution in [0.5, 0.6) is 0 Å². The third-order valence-electron chi connectivity index (χ3n) is 2.64. The third-order valence-corrected chi connectivity index (χ3v) is 4.38. The SMILES string of the molecule is O=C(O)c1ccc(NC(=O)c2cc(Br)ccc2I)c(Cl)c1. The van der Waals surface area contributed by atoms with E-state index in [0.717, 1.165) is 8.04 Å². The Morgan fingerprint density at radius 1 is 1.19 bits per heavy atom. The van der Waals surface area contributed by atoms with Crippen LogP contribution >= 0.6 is 50.1 Å². The predicted octanol–water partition coefficient (Wildman–Crippen LogP) is 4.66. The Hall–Kier alpha value is -1.12. The highest BCUT2D eigenvalue weighted by atomic mass is 127. The minimum atomic E-state index is -1.07. The molecule has 4 nitrogen and oxygen atoms in total. The number of halogens is 3. The highest BCUT2D eigenvalue weighted by Gasteiger charge is 2.13. The normalized spacial score (nSPS) is 10.2. The lowest BCUT2D eigenvalue weighted by Gasteiger charge is -2.09. The van der Waals surface area contributed by atoms with Gasteiger partial charge in [-0.15, -0.1) is 0 Å². The maximum atomic E-state index is 12.2. The Morgan fingerprint density at radius 3 is 2.52 bits per heavy atom. The number of hydrogen-bond acceptors (Lipinski definition) is 2. The summed E-state index contributed by atoms with van der Waals surface area (Å²) >= 11 is 11.4. The van der Waals surface area contributed by atoms with Crippen LogP contribution in [0, 0.1) is 3.57 Å². The maximum absolute atomic E-state index is 12.2. The van der Waals surface area contributed by atoms with Crippen LogP contribution in [0.2, 0.25) is 5.02 Å². The van der Waals surface area contributed by atoms with Crippen molar-refractivity contribution in [2.24, 2.45) is 0 Å². The molecule has 0 aliphatic rings. The summed E-state index contributed by atoms with van der Waals surface area (Å²) in [5, 5.41) is 11.7. The van der Waals surface area contributed by atoms with Gasteiger partial charge < -0.3 is 10.4 Å². The molecule has 2 aromatic carbocycles. The summed E-state index contributed by atoms with van der Waals surface area (Å²) in [6.45, 7) is 0. The molecule has 0 bridgehead atoms. The van der Waals surface area contributed by atoms with Crippen molar-refractivity contribution in [3.63, 3.8) is 0 Å². The summed E-state index contributed by atoms with van der Waals surface area (Å²) in [6.07, 6.45) is 0. The number of carboxylic acid groups (broad SMARTS) is 1. The van der Waals surface area contributed by atoms with E-state index < -0.39 is 5.97 Å². The number of hydrogen-bond donors (Lipinski definition) is 2. The Labute approximate surface area is 147 Å². The van der Waals surface area contributed by atoms with Crippen molar-refractivity contribution in [2.45, 2.75) is 0 Å². The van der Waals surface area contributed by atoms with Gasteiger partial charge in [-0.1, -0.05) is 27.5 Å². The molecule has 2 aromatic rings. The monoisotopic (exact) mass is 479 g/mol. The van der Waals surface area contributed by atoms with E-state index in [1.807, 2.05) is 12.1 Å². The number of rotatable bonds is 3. The zero-order valence-corrected chi connectivity index (χ0v) is 14.9. The highest BCUT2D eigenvalue weighted by Crippen LogP contribution is 2.25. The smallest absolute Gasteiger partial charge is 0.335 e. The second-order valence-electron chi connectivity index (χ2n) is 4.08. The van der Waals surface area contributed by atoms with Crippen molar-refractivity contribution in [2.75, 3.05) is 5.32 Å². The van der Waals surface area contributed by atoms with E-state index in [2.05, 4.69) is 43.8 Å². The van der Waals surface area contributed by atoms with Gasteiger partial charge in [0.1, 0.15) is 0 Å². The fraction of sp³-hybridized carbons (Fsp3) is 0. The van der Waals surface area contributed by atoms with Gasteiger partial charge in [-0.2, -0.15) is 0 Å². The Kier molecular flexibility index (Phi) is 5.23. The van der Waals surface area contributed by atoms with E-state index in [4.69, 9.17) is 16.7 Å². The van der Waals surface area contributed by atoms with Crippen LogP contribution in [0.1, 0.15) is 20.7 Å². The van der Waals surface area contributed by atoms with Crippen LogP contribution < -0.4 is 5.32 Å². The number of carboxylic acids is 1. The number of carbonyl (C=O) groups excluding carboxylic acids is 1. The van der Waals surface area contributed by atoms with Crippen molar-refractivity contribution in [3.8, 4) is 0 Å². The molecule has 0 unspecified atom stereocenters. The first-order valence-electron chi connectivity index (χ1n) is 5.67. The second kappa shape index (κ2) is 6.76. The summed E-state index contributed by atoms with van der Waals surface area (Å²) in [5.41, 5.74) is 0.931. The van der Waals surface area contributed by atoms with Crippen molar-refractivity contribution >= 4 is 67.7 Å². The number of aromatic carboxylic acids is 1. The Balaban J connectivity index is 2.27. The first-order valence-corrected chi connectivity index (χ1v) is 7.92. The van der Waals surface area contributed by atoms with E-state index >= 15 is 0 Å². The molecule has 0 fully saturated rings. The number of nitrogens with one attached hydrogen (secondary N) is 1. The molecule has 0 radical (unpaired) electrons. The van der Waals surface area contributed by atoms with Gasteiger partial charge in [-0.25, -0.2) is 4.79 Å². The van der Waals surface area contributed by atoms with Crippen molar-refractivity contribution in [3.05, 3.63) is 60.6 Å². The van der Waals surface area contributed by atoms with Crippen LogP contribution in [0.3, 0.4) is 0 Å². The van der Waals surface area contributed by atoms with Gasteiger partial charge in [0.05, 0.1) is 21.8 Å². The average molecular weight is 480 g/mol. The minimum Gasteiger partial charge on any atom is -0.478 e. The average Bonchev–Trinajstić information content (AvgIpc) is 2.43. The Morgan fingerprint density at radius 2 is 1.90 bits per heavy atom. The van der Waals surface area contributed by atoms with Crippen LogP contribution in [0.25, 0.3) is 0 Å². The molecule has 0 aliphatic heterocycles. The van der Waals surface area contributed by atoms with Gasteiger partial charge in [-0.05, 0) is 59.0 Å². The van der Waals surface area contributed by atoms with Crippen molar-refractivity contribution < 1.29 is 14.7 Å². The largest absolute Gasteiger partial charge is 0.478 e. The van der Waals surface area contributed by atoms with Crippen molar-refractivity contribution in [1.29, 1.82) is 0 Å². The van der Waals surface area contributed by atoms with Gasteiger partial charge in [-0.3, -0.25) is 4.79 Å². The molecular weight excluding hydrogens is 472 g/mol. The molecule has 0 spiro atoms. The van der Waals surface area contributed by atoms with Crippen molar-refractivity contribution in [1.82, 2.24) is 0 Å². The maximum Gasteiger partial charge on any atom is 0.335 e. The van der Waals surface area contributed by atoms with Gasteiger partial charge in [0, 0.05) is 8.04 Å². The number of amides is 1. The van der Waals surface area contributed by atoms with E-state index in [1.54, 1.807) is 6.07 Å². The summed E-state index contributed by atoms with van der Waals surface area (Å²) < 4.78 is 1.59. The van der Waals surface area contributed by atoms with Crippen LogP contribution in [-0.2, 0) is 0 Å². The molecule has 0 saturated heterocycles. The quantitative estimate of drug-likeness (QED) is 0.629. The summed E-state index contributed by atoms with van der Waals surface area (Å²) in [6, 6.07) is 9.51. The van der Waals surface area contributed by atoms with E-state index in [0.29, 0.717) is 11.3 Å². The molecule has 1 amide bonds. The van der Waals surface area contributed by atoms with Crippen LogP contribution in [0.15, 0.2) is 40.9 Å². The molecule has 2 N–H and O–H groups in total. The summed E-state index contributed by atoms with van der Waals surface area (Å²) in [7, 11) is 0. The molecule has 0 atom stereocenters. The number of benzene rings is 2. The molecule has 21 heavy (non-hydrogen) atoms. The summed E-state index contributed by atoms with van der Waals surface area (Å²) in [5.74, 6) is -1.39. The third kappa shape index (κ3) is 3.96. The molecule has 0 heterocycles. The molecule has 108 valence electrons. The van der Waals surface area contributed by atoms with Crippen LogP contribution in [-0.4, -0.2) is 17.0 Å². The Bertz CT molecular complexity index is 736. The summed E-state index contributed by atoms with van der Waals surface area (Å²) in [4.78, 5) is 23.1. The van der Waals surface area contributed by atoms with E-state index in [-0.39, 0.29) is 16.5 Å². The lowest BCUT2D eigenvalue weighted by atomic mass is 10.2. The minimum absolute atomic E-state index is 0.0648. The standard InChI is InChI=1S/C14H8BrClINO3/c15-8-2-3-11(17)9(6-8)13(19)18-12-4-1-7(14(20)21)5-10(12)16/h1-6H,(H,18,19)(H,20,21). The zero-order valence-electron chi connectivity index (χ0n) is 10.4. The molecule has 0 aromatic heterocycles. The molecular formula is C14H8BrClINO3. The highest BCUT2D eigenvalue weighted by molar-refractivity contribution is 14.1. The molecule has 2 rings (SSSR count). The van der Waals surface area contributed by atoms with Crippen LogP contribution in [0.4, 0.5) is 5.69 Å². The van der Waals surface area contributed by atoms with Gasteiger partial charge in [0.15, 0.2) is 0 Å². The zero-order chi connectivity index (χ0) is 15.6. The van der Waals surface area contributed by atoms with E-state index in [1.165, 1.54) is 18.2 Å². The lowest BCUT2D eigenvalue weighted by molar-refractivity contribution is 0.0696. The fourth-order valence-corrected chi connectivity index (χ4v) is 2.78. The molecule has 7 heteroatoms. The van der Waals surface area contributed by atoms with Gasteiger partial charge in [0.2, 0.25) is 0 Å². The van der Waals surface area contributed by atoms with E-state index in [9.17, 15) is 9.59 Å². The van der Waals surface area contributed by atoms with Gasteiger partial charge in [0.25, 0.3) is 5.91 Å². The molecule has 0 saturated carbocycles. The molecule has 0 aliphatic carbocycles. The topological polar surface area (TPSA) is 66.4 Å².